The maximum Gasteiger partial charge on any atom is 0.0702 e. The first kappa shape index (κ1) is 14.5. The lowest BCUT2D eigenvalue weighted by Gasteiger charge is -2.28. The topological polar surface area (TPSA) is 24.5 Å². The minimum Gasteiger partial charge on any atom is -0.377 e. The van der Waals surface area contributed by atoms with Crippen molar-refractivity contribution in [1.82, 2.24) is 10.2 Å². The molecule has 1 N–H and O–H groups in total. The van der Waals surface area contributed by atoms with E-state index in [4.69, 9.17) is 4.74 Å². The van der Waals surface area contributed by atoms with Gasteiger partial charge in [-0.2, -0.15) is 0 Å². The third-order valence-corrected chi connectivity index (χ3v) is 3.92. The molecule has 1 aliphatic heterocycles. The SMILES string of the molecule is CCN(CC1CCCO1)CC(NC)c1ccccc1. The predicted octanol–water partition coefficient (Wildman–Crippen LogP) is 2.45. The number of ether oxygens (including phenoxy) is 1. The van der Waals surface area contributed by atoms with Gasteiger partial charge in [0.05, 0.1) is 6.10 Å². The number of hydrogen-bond donors (Lipinski definition) is 1. The minimum atomic E-state index is 0.391. The molecule has 2 rings (SSSR count). The molecule has 2 unspecified atom stereocenters. The second-order valence-electron chi connectivity index (χ2n) is 5.24. The van der Waals surface area contributed by atoms with Crippen molar-refractivity contribution >= 4 is 0 Å². The molecule has 19 heavy (non-hydrogen) atoms. The lowest BCUT2D eigenvalue weighted by atomic mass is 10.1. The van der Waals surface area contributed by atoms with Crippen LogP contribution in [0, 0.1) is 0 Å². The molecule has 0 bridgehead atoms. The van der Waals surface area contributed by atoms with Crippen LogP contribution >= 0.6 is 0 Å². The first-order valence-corrected chi connectivity index (χ1v) is 7.39. The van der Waals surface area contributed by atoms with Crippen LogP contribution in [0.3, 0.4) is 0 Å². The smallest absolute Gasteiger partial charge is 0.0702 e. The monoisotopic (exact) mass is 262 g/mol. The van der Waals surface area contributed by atoms with Crippen molar-refractivity contribution in [3.63, 3.8) is 0 Å². The first-order valence-electron chi connectivity index (χ1n) is 7.39. The van der Waals surface area contributed by atoms with Crippen LogP contribution in [-0.4, -0.2) is 44.3 Å². The molecule has 3 nitrogen and oxygen atoms in total. The lowest BCUT2D eigenvalue weighted by Crippen LogP contribution is -2.38. The zero-order chi connectivity index (χ0) is 13.5. The summed E-state index contributed by atoms with van der Waals surface area (Å²) in [5.74, 6) is 0. The van der Waals surface area contributed by atoms with Crippen molar-refractivity contribution in [2.24, 2.45) is 0 Å². The molecule has 0 amide bonds. The molecule has 1 fully saturated rings. The molecule has 3 heteroatoms. The van der Waals surface area contributed by atoms with E-state index in [9.17, 15) is 0 Å². The van der Waals surface area contributed by atoms with Crippen molar-refractivity contribution in [2.45, 2.75) is 31.9 Å². The fourth-order valence-corrected chi connectivity index (χ4v) is 2.72. The van der Waals surface area contributed by atoms with E-state index in [1.165, 1.54) is 18.4 Å². The normalized spacial score (nSPS) is 20.9. The van der Waals surface area contributed by atoms with E-state index in [2.05, 4.69) is 47.5 Å². The van der Waals surface area contributed by atoms with Gasteiger partial charge in [-0.25, -0.2) is 0 Å². The van der Waals surface area contributed by atoms with Gasteiger partial charge in [0.1, 0.15) is 0 Å². The molecule has 1 aromatic rings. The van der Waals surface area contributed by atoms with Gasteiger partial charge in [-0.15, -0.1) is 0 Å². The maximum atomic E-state index is 5.74. The van der Waals surface area contributed by atoms with Crippen LogP contribution in [0.15, 0.2) is 30.3 Å². The van der Waals surface area contributed by atoms with E-state index < -0.39 is 0 Å². The number of hydrogen-bond acceptors (Lipinski definition) is 3. The molecule has 1 saturated heterocycles. The lowest BCUT2D eigenvalue weighted by molar-refractivity contribution is 0.0718. The highest BCUT2D eigenvalue weighted by atomic mass is 16.5. The van der Waals surface area contributed by atoms with Gasteiger partial charge in [0.15, 0.2) is 0 Å². The van der Waals surface area contributed by atoms with Crippen molar-refractivity contribution in [3.05, 3.63) is 35.9 Å². The molecule has 0 saturated carbocycles. The van der Waals surface area contributed by atoms with Crippen molar-refractivity contribution in [3.8, 4) is 0 Å². The maximum absolute atomic E-state index is 5.74. The van der Waals surface area contributed by atoms with Gasteiger partial charge in [0.2, 0.25) is 0 Å². The van der Waals surface area contributed by atoms with Crippen LogP contribution < -0.4 is 5.32 Å². The zero-order valence-electron chi connectivity index (χ0n) is 12.1. The van der Waals surface area contributed by atoms with Gasteiger partial charge in [-0.3, -0.25) is 4.90 Å². The van der Waals surface area contributed by atoms with Crippen LogP contribution in [0.4, 0.5) is 0 Å². The van der Waals surface area contributed by atoms with E-state index in [1.54, 1.807) is 0 Å². The molecule has 0 aliphatic carbocycles. The van der Waals surface area contributed by atoms with Crippen molar-refractivity contribution in [1.29, 1.82) is 0 Å². The molecular weight excluding hydrogens is 236 g/mol. The zero-order valence-corrected chi connectivity index (χ0v) is 12.1. The number of nitrogens with one attached hydrogen (secondary N) is 1. The Balaban J connectivity index is 1.91. The van der Waals surface area contributed by atoms with E-state index in [0.717, 1.165) is 26.2 Å². The van der Waals surface area contributed by atoms with Crippen molar-refractivity contribution < 1.29 is 4.74 Å². The Kier molecular flexibility index (Phi) is 5.83. The summed E-state index contributed by atoms with van der Waals surface area (Å²) in [4.78, 5) is 2.49. The summed E-state index contributed by atoms with van der Waals surface area (Å²) in [5.41, 5.74) is 1.36. The molecule has 1 aliphatic rings. The van der Waals surface area contributed by atoms with Crippen LogP contribution in [0.5, 0.6) is 0 Å². The van der Waals surface area contributed by atoms with E-state index in [1.807, 2.05) is 7.05 Å². The second-order valence-corrected chi connectivity index (χ2v) is 5.24. The Bertz CT molecular complexity index is 349. The third-order valence-electron chi connectivity index (χ3n) is 3.92. The third kappa shape index (κ3) is 4.30. The molecule has 1 heterocycles. The summed E-state index contributed by atoms with van der Waals surface area (Å²) in [6, 6.07) is 11.1. The Hall–Kier alpha value is -0.900. The highest BCUT2D eigenvalue weighted by Crippen LogP contribution is 2.17. The molecule has 1 aromatic carbocycles. The highest BCUT2D eigenvalue weighted by molar-refractivity contribution is 5.19. The van der Waals surface area contributed by atoms with Crippen molar-refractivity contribution in [2.75, 3.05) is 33.3 Å². The molecule has 0 radical (unpaired) electrons. The van der Waals surface area contributed by atoms with Crippen LogP contribution in [0.25, 0.3) is 0 Å². The van der Waals surface area contributed by atoms with E-state index >= 15 is 0 Å². The Morgan fingerprint density at radius 2 is 2.16 bits per heavy atom. The second kappa shape index (κ2) is 7.63. The van der Waals surface area contributed by atoms with Gasteiger partial charge in [0.25, 0.3) is 0 Å². The van der Waals surface area contributed by atoms with Gasteiger partial charge in [0, 0.05) is 25.7 Å². The highest BCUT2D eigenvalue weighted by Gasteiger charge is 2.20. The minimum absolute atomic E-state index is 0.391. The fourth-order valence-electron chi connectivity index (χ4n) is 2.72. The Morgan fingerprint density at radius 1 is 1.37 bits per heavy atom. The molecule has 0 spiro atoms. The van der Waals surface area contributed by atoms with E-state index in [0.29, 0.717) is 12.1 Å². The number of nitrogens with zero attached hydrogens (tertiary/aromatic N) is 1. The average molecular weight is 262 g/mol. The van der Waals surface area contributed by atoms with Gasteiger partial charge < -0.3 is 10.1 Å². The van der Waals surface area contributed by atoms with Gasteiger partial charge in [-0.05, 0) is 32.0 Å². The standard InChI is InChI=1S/C16H26N2O/c1-3-18(12-15-10-7-11-19-15)13-16(17-2)14-8-5-4-6-9-14/h4-6,8-9,15-17H,3,7,10-13H2,1-2H3. The molecule has 2 atom stereocenters. The summed E-state index contributed by atoms with van der Waals surface area (Å²) in [6.07, 6.45) is 2.87. The summed E-state index contributed by atoms with van der Waals surface area (Å²) >= 11 is 0. The Morgan fingerprint density at radius 3 is 2.74 bits per heavy atom. The molecule has 106 valence electrons. The summed E-state index contributed by atoms with van der Waals surface area (Å²) in [5, 5.41) is 3.43. The summed E-state index contributed by atoms with van der Waals surface area (Å²) in [7, 11) is 2.04. The van der Waals surface area contributed by atoms with Crippen LogP contribution in [0.2, 0.25) is 0 Å². The Labute approximate surface area is 116 Å². The quantitative estimate of drug-likeness (QED) is 0.817. The summed E-state index contributed by atoms with van der Waals surface area (Å²) < 4.78 is 5.74. The first-order chi connectivity index (χ1) is 9.33. The van der Waals surface area contributed by atoms with Gasteiger partial charge >= 0.3 is 0 Å². The largest absolute Gasteiger partial charge is 0.377 e. The predicted molar refractivity (Wildman–Crippen MR) is 79.3 cm³/mol. The van der Waals surface area contributed by atoms with Crippen LogP contribution in [0.1, 0.15) is 31.4 Å². The number of rotatable bonds is 7. The van der Waals surface area contributed by atoms with E-state index in [-0.39, 0.29) is 0 Å². The average Bonchev–Trinajstić information content (AvgIpc) is 2.97. The molecular formula is C16H26N2O. The number of benzene rings is 1. The van der Waals surface area contributed by atoms with Gasteiger partial charge in [-0.1, -0.05) is 37.3 Å². The van der Waals surface area contributed by atoms with Crippen LogP contribution in [-0.2, 0) is 4.74 Å². The molecule has 0 aromatic heterocycles. The fraction of sp³-hybridized carbons (Fsp3) is 0.625. The summed E-state index contributed by atoms with van der Waals surface area (Å²) in [6.45, 7) is 6.34. The number of likely N-dealkylation sites (N-methyl/N-ethyl adjacent to an activating group) is 2.